The van der Waals surface area contributed by atoms with Gasteiger partial charge in [0.1, 0.15) is 55.4 Å². The van der Waals surface area contributed by atoms with Gasteiger partial charge in [-0.05, 0) is 25.7 Å². The van der Waals surface area contributed by atoms with E-state index in [0.29, 0.717) is 12.8 Å². The van der Waals surface area contributed by atoms with Crippen LogP contribution < -0.4 is 0 Å². The maximum atomic E-state index is 13.0. The van der Waals surface area contributed by atoms with Crippen molar-refractivity contribution >= 4 is 11.9 Å². The van der Waals surface area contributed by atoms with Gasteiger partial charge in [0, 0.05) is 12.8 Å². The summed E-state index contributed by atoms with van der Waals surface area (Å²) in [6.45, 7) is 4.18. The number of allylic oxidation sites excluding steroid dienone is 1. The number of ether oxygens (including phenoxy) is 6. The second-order valence-corrected chi connectivity index (χ2v) is 21.3. The highest BCUT2D eigenvalue weighted by atomic mass is 16.7. The van der Waals surface area contributed by atoms with E-state index >= 15 is 0 Å². The average molecular weight is 1050 g/mol. The standard InChI is InChI=1S/C58H108O15/c1-3-5-7-9-11-13-15-17-19-20-21-22-23-24-25-27-28-30-32-34-36-38-40-49(60)68-43-46(71-50(61)41-39-37-35-33-31-29-26-18-16-14-12-10-8-6-4-2)44-69-57-56(67)54(65)52(63)48(73-57)45-70-58-55(66)53(64)51(62)47(42-59)72-58/h4,46-48,51-59,62-67H,2-3,5-45H2,1H3/t46-,47+,48+,51-,52-,53?,54?,55?,56?,57+,58+/m0/s1. The first-order valence-corrected chi connectivity index (χ1v) is 29.7. The summed E-state index contributed by atoms with van der Waals surface area (Å²) in [5, 5.41) is 72.3. The van der Waals surface area contributed by atoms with Gasteiger partial charge in [0.25, 0.3) is 0 Å². The van der Waals surface area contributed by atoms with Crippen molar-refractivity contribution < 1.29 is 73.8 Å². The topological polar surface area (TPSA) is 231 Å². The Morgan fingerprint density at radius 1 is 0.452 bits per heavy atom. The molecule has 2 heterocycles. The van der Waals surface area contributed by atoms with Crippen LogP contribution in [0.3, 0.4) is 0 Å². The van der Waals surface area contributed by atoms with Gasteiger partial charge in [0.05, 0.1) is 19.8 Å². The van der Waals surface area contributed by atoms with Gasteiger partial charge in [0.2, 0.25) is 0 Å². The van der Waals surface area contributed by atoms with E-state index in [9.17, 15) is 45.3 Å². The molecule has 2 aliphatic rings. The molecule has 0 saturated carbocycles. The highest BCUT2D eigenvalue weighted by molar-refractivity contribution is 5.70. The van der Waals surface area contributed by atoms with Crippen molar-refractivity contribution in [2.75, 3.05) is 26.4 Å². The third-order valence-corrected chi connectivity index (χ3v) is 14.6. The fourth-order valence-electron chi connectivity index (χ4n) is 9.79. The van der Waals surface area contributed by atoms with Crippen molar-refractivity contribution in [3.05, 3.63) is 12.7 Å². The molecule has 0 aromatic carbocycles. The Labute approximate surface area is 441 Å². The second kappa shape index (κ2) is 45.3. The number of aliphatic hydroxyl groups is 7. The minimum Gasteiger partial charge on any atom is -0.462 e. The predicted molar refractivity (Wildman–Crippen MR) is 285 cm³/mol. The largest absolute Gasteiger partial charge is 0.462 e. The zero-order valence-electron chi connectivity index (χ0n) is 45.7. The summed E-state index contributed by atoms with van der Waals surface area (Å²) in [6.07, 6.45) is 29.9. The van der Waals surface area contributed by atoms with Crippen LogP contribution in [0.4, 0.5) is 0 Å². The lowest BCUT2D eigenvalue weighted by Gasteiger charge is -2.42. The Bertz CT molecular complexity index is 1310. The van der Waals surface area contributed by atoms with Crippen molar-refractivity contribution in [2.45, 2.75) is 318 Å². The molecular formula is C58H108O15. The molecule has 0 spiro atoms. The highest BCUT2D eigenvalue weighted by Gasteiger charge is 2.47. The summed E-state index contributed by atoms with van der Waals surface area (Å²) in [5.74, 6) is -0.911. The molecule has 0 aromatic rings. The van der Waals surface area contributed by atoms with Crippen molar-refractivity contribution in [1.29, 1.82) is 0 Å². The number of carbonyl (C=O) groups excluding carboxylic acids is 2. The molecular weight excluding hydrogens is 937 g/mol. The van der Waals surface area contributed by atoms with Crippen LogP contribution in [0.2, 0.25) is 0 Å². The van der Waals surface area contributed by atoms with E-state index < -0.39 is 92.7 Å². The summed E-state index contributed by atoms with van der Waals surface area (Å²) in [7, 11) is 0. The van der Waals surface area contributed by atoms with Gasteiger partial charge in [-0.25, -0.2) is 0 Å². The summed E-state index contributed by atoms with van der Waals surface area (Å²) in [4.78, 5) is 25.9. The molecule has 0 aliphatic carbocycles. The van der Waals surface area contributed by atoms with E-state index in [2.05, 4.69) is 13.5 Å². The van der Waals surface area contributed by atoms with Crippen molar-refractivity contribution in [2.24, 2.45) is 0 Å². The van der Waals surface area contributed by atoms with Gasteiger partial charge >= 0.3 is 11.9 Å². The normalized spacial score (nSPS) is 24.7. The zero-order chi connectivity index (χ0) is 53.2. The summed E-state index contributed by atoms with van der Waals surface area (Å²) < 4.78 is 33.7. The maximum absolute atomic E-state index is 13.0. The molecule has 2 saturated heterocycles. The number of carbonyl (C=O) groups is 2. The lowest BCUT2D eigenvalue weighted by atomic mass is 9.98. The average Bonchev–Trinajstić information content (AvgIpc) is 3.38. The smallest absolute Gasteiger partial charge is 0.306 e. The molecule has 11 atom stereocenters. The van der Waals surface area contributed by atoms with Crippen LogP contribution in [0.5, 0.6) is 0 Å². The van der Waals surface area contributed by atoms with Crippen LogP contribution in [0.1, 0.15) is 251 Å². The number of rotatable bonds is 49. The fraction of sp³-hybridized carbons (Fsp3) is 0.931. The Morgan fingerprint density at radius 2 is 0.808 bits per heavy atom. The lowest BCUT2D eigenvalue weighted by Crippen LogP contribution is -2.61. The lowest BCUT2D eigenvalue weighted by molar-refractivity contribution is -0.332. The van der Waals surface area contributed by atoms with Crippen LogP contribution in [0.25, 0.3) is 0 Å². The molecule has 430 valence electrons. The molecule has 15 nitrogen and oxygen atoms in total. The molecule has 15 heteroatoms. The third-order valence-electron chi connectivity index (χ3n) is 14.6. The molecule has 0 amide bonds. The molecule has 7 N–H and O–H groups in total. The van der Waals surface area contributed by atoms with Gasteiger partial charge in [-0.2, -0.15) is 0 Å². The van der Waals surface area contributed by atoms with Gasteiger partial charge in [-0.3, -0.25) is 9.59 Å². The first kappa shape index (κ1) is 67.3. The molecule has 2 fully saturated rings. The Hall–Kier alpha value is -1.76. The molecule has 73 heavy (non-hydrogen) atoms. The molecule has 2 aliphatic heterocycles. The number of hydrogen-bond donors (Lipinski definition) is 7. The van der Waals surface area contributed by atoms with Crippen LogP contribution in [-0.2, 0) is 38.0 Å². The molecule has 0 bridgehead atoms. The Balaban J connectivity index is 1.71. The van der Waals surface area contributed by atoms with Crippen LogP contribution in [0.15, 0.2) is 12.7 Å². The van der Waals surface area contributed by atoms with Gasteiger partial charge in [-0.15, -0.1) is 6.58 Å². The Morgan fingerprint density at radius 3 is 1.22 bits per heavy atom. The molecule has 0 radical (unpaired) electrons. The van der Waals surface area contributed by atoms with E-state index in [-0.39, 0.29) is 26.1 Å². The molecule has 2 rings (SSSR count). The Kier molecular flexibility index (Phi) is 41.8. The van der Waals surface area contributed by atoms with E-state index in [1.165, 1.54) is 173 Å². The monoisotopic (exact) mass is 1040 g/mol. The van der Waals surface area contributed by atoms with E-state index in [1.807, 2.05) is 6.08 Å². The minimum absolute atomic E-state index is 0.168. The zero-order valence-corrected chi connectivity index (χ0v) is 45.7. The van der Waals surface area contributed by atoms with Crippen molar-refractivity contribution in [1.82, 2.24) is 0 Å². The minimum atomic E-state index is -1.76. The van der Waals surface area contributed by atoms with E-state index in [1.54, 1.807) is 0 Å². The van der Waals surface area contributed by atoms with Crippen molar-refractivity contribution in [3.8, 4) is 0 Å². The SMILES string of the molecule is C=CCCCCCCCCCCCCCCCC(=O)O[C@@H](COC(=O)CCCCCCCCCCCCCCCCCCCCCCCC)CO[C@@H]1O[C@H](CO[C@@H]2O[C@H](CO)[C@H](O)C(O)C2O)[C@H](O)C(O)C1O. The number of unbranched alkanes of at least 4 members (excludes halogenated alkanes) is 34. The van der Waals surface area contributed by atoms with Gasteiger partial charge in [0.15, 0.2) is 18.7 Å². The summed E-state index contributed by atoms with van der Waals surface area (Å²) in [6, 6.07) is 0. The molecule has 0 aromatic heterocycles. The van der Waals surface area contributed by atoms with Crippen LogP contribution >= 0.6 is 0 Å². The predicted octanol–water partition coefficient (Wildman–Crippen LogP) is 10.1. The van der Waals surface area contributed by atoms with E-state index in [4.69, 9.17) is 28.4 Å². The quantitative estimate of drug-likeness (QED) is 0.0171. The number of esters is 2. The van der Waals surface area contributed by atoms with Crippen molar-refractivity contribution in [3.63, 3.8) is 0 Å². The van der Waals surface area contributed by atoms with Crippen LogP contribution in [0, 0.1) is 0 Å². The number of hydrogen-bond acceptors (Lipinski definition) is 15. The first-order chi connectivity index (χ1) is 35.5. The molecule has 4 unspecified atom stereocenters. The van der Waals surface area contributed by atoms with Gasteiger partial charge < -0.3 is 64.2 Å². The summed E-state index contributed by atoms with van der Waals surface area (Å²) >= 11 is 0. The number of aliphatic hydroxyl groups excluding tert-OH is 7. The summed E-state index contributed by atoms with van der Waals surface area (Å²) in [5.41, 5.74) is 0. The third kappa shape index (κ3) is 32.6. The highest BCUT2D eigenvalue weighted by Crippen LogP contribution is 2.27. The van der Waals surface area contributed by atoms with Gasteiger partial charge in [-0.1, -0.05) is 218 Å². The second-order valence-electron chi connectivity index (χ2n) is 21.3. The maximum Gasteiger partial charge on any atom is 0.306 e. The first-order valence-electron chi connectivity index (χ1n) is 29.7. The fourth-order valence-corrected chi connectivity index (χ4v) is 9.79. The van der Waals surface area contributed by atoms with Crippen LogP contribution in [-0.4, -0.2) is 142 Å². The van der Waals surface area contributed by atoms with E-state index in [0.717, 1.165) is 44.9 Å².